The highest BCUT2D eigenvalue weighted by Gasteiger charge is 2.42. The molecule has 78 valence electrons. The van der Waals surface area contributed by atoms with Gasteiger partial charge in [0.25, 0.3) is 0 Å². The van der Waals surface area contributed by atoms with Crippen LogP contribution in [0.4, 0.5) is 4.79 Å². The molecule has 0 aromatic rings. The summed E-state index contributed by atoms with van der Waals surface area (Å²) >= 11 is 1.85. The number of carbonyl (C=O) groups is 2. The zero-order chi connectivity index (χ0) is 10.1. The fourth-order valence-electron chi connectivity index (χ4n) is 1.99. The first kappa shape index (κ1) is 9.83. The van der Waals surface area contributed by atoms with Gasteiger partial charge in [0.15, 0.2) is 0 Å². The Morgan fingerprint density at radius 3 is 3.07 bits per heavy atom. The molecule has 3 atom stereocenters. The second-order valence-electron chi connectivity index (χ2n) is 3.86. The van der Waals surface area contributed by atoms with Gasteiger partial charge in [0.2, 0.25) is 0 Å². The smallest absolute Gasteiger partial charge is 0.315 e. The summed E-state index contributed by atoms with van der Waals surface area (Å²) in [5, 5.41) is 6.19. The number of urea groups is 1. The van der Waals surface area contributed by atoms with E-state index in [2.05, 4.69) is 10.6 Å². The predicted octanol–water partition coefficient (Wildman–Crippen LogP) is 0.521. The summed E-state index contributed by atoms with van der Waals surface area (Å²) in [6.07, 6.45) is 1.50. The monoisotopic (exact) mass is 214 g/mol. The minimum atomic E-state index is -0.0619. The van der Waals surface area contributed by atoms with Gasteiger partial charge in [-0.3, -0.25) is 0 Å². The number of amides is 2. The molecule has 0 spiro atoms. The summed E-state index contributed by atoms with van der Waals surface area (Å²) < 4.78 is 0. The summed E-state index contributed by atoms with van der Waals surface area (Å²) in [7, 11) is 0. The van der Waals surface area contributed by atoms with Gasteiger partial charge in [-0.1, -0.05) is 0 Å². The van der Waals surface area contributed by atoms with E-state index in [0.29, 0.717) is 11.7 Å². The summed E-state index contributed by atoms with van der Waals surface area (Å²) in [4.78, 5) is 21.9. The van der Waals surface area contributed by atoms with Crippen LogP contribution in [0.1, 0.15) is 19.8 Å². The molecule has 0 saturated carbocycles. The maximum atomic E-state index is 11.0. The van der Waals surface area contributed by atoms with Crippen LogP contribution in [-0.2, 0) is 4.79 Å². The SMILES string of the molecule is CC(=O)CCC1SCC2NC(=O)NC21. The van der Waals surface area contributed by atoms with Gasteiger partial charge < -0.3 is 15.4 Å². The Kier molecular flexibility index (Phi) is 2.67. The largest absolute Gasteiger partial charge is 0.332 e. The molecular formula is C9H14N2O2S. The van der Waals surface area contributed by atoms with E-state index in [-0.39, 0.29) is 23.9 Å². The van der Waals surface area contributed by atoms with E-state index >= 15 is 0 Å². The molecule has 2 aliphatic rings. The molecule has 5 heteroatoms. The Bertz CT molecular complexity index is 270. The van der Waals surface area contributed by atoms with Crippen molar-refractivity contribution in [3.8, 4) is 0 Å². The molecule has 3 unspecified atom stereocenters. The molecule has 0 bridgehead atoms. The number of nitrogens with one attached hydrogen (secondary N) is 2. The van der Waals surface area contributed by atoms with E-state index in [0.717, 1.165) is 12.2 Å². The zero-order valence-electron chi connectivity index (χ0n) is 8.08. The second kappa shape index (κ2) is 3.81. The molecule has 2 aliphatic heterocycles. The minimum Gasteiger partial charge on any atom is -0.332 e. The number of thioether (sulfide) groups is 1. The van der Waals surface area contributed by atoms with Gasteiger partial charge in [0.05, 0.1) is 12.1 Å². The Morgan fingerprint density at radius 1 is 1.57 bits per heavy atom. The normalized spacial score (nSPS) is 34.9. The first-order chi connectivity index (χ1) is 6.66. The van der Waals surface area contributed by atoms with Crippen molar-refractivity contribution in [2.24, 2.45) is 0 Å². The third-order valence-electron chi connectivity index (χ3n) is 2.72. The molecule has 4 nitrogen and oxygen atoms in total. The van der Waals surface area contributed by atoms with Crippen LogP contribution in [-0.4, -0.2) is 34.9 Å². The summed E-state index contributed by atoms with van der Waals surface area (Å²) in [5.41, 5.74) is 0. The third-order valence-corrected chi connectivity index (χ3v) is 4.23. The summed E-state index contributed by atoms with van der Waals surface area (Å²) in [5.74, 6) is 1.19. The van der Waals surface area contributed by atoms with Gasteiger partial charge in [-0.15, -0.1) is 0 Å². The van der Waals surface area contributed by atoms with Crippen LogP contribution in [0.5, 0.6) is 0 Å². The van der Waals surface area contributed by atoms with Crippen LogP contribution >= 0.6 is 11.8 Å². The van der Waals surface area contributed by atoms with E-state index in [4.69, 9.17) is 0 Å². The van der Waals surface area contributed by atoms with Gasteiger partial charge in [0, 0.05) is 17.4 Å². The Morgan fingerprint density at radius 2 is 2.36 bits per heavy atom. The number of carbonyl (C=O) groups excluding carboxylic acids is 2. The van der Waals surface area contributed by atoms with Crippen molar-refractivity contribution in [1.82, 2.24) is 10.6 Å². The fourth-order valence-corrected chi connectivity index (χ4v) is 3.48. The molecule has 2 saturated heterocycles. The van der Waals surface area contributed by atoms with Crippen LogP contribution in [0.3, 0.4) is 0 Å². The topological polar surface area (TPSA) is 58.2 Å². The number of ketones is 1. The second-order valence-corrected chi connectivity index (χ2v) is 5.13. The molecule has 2 rings (SSSR count). The van der Waals surface area contributed by atoms with Crippen molar-refractivity contribution < 1.29 is 9.59 Å². The Balaban J connectivity index is 1.89. The molecule has 2 heterocycles. The average Bonchev–Trinajstić information content (AvgIpc) is 2.60. The lowest BCUT2D eigenvalue weighted by Crippen LogP contribution is -2.36. The van der Waals surface area contributed by atoms with Crippen molar-refractivity contribution in [3.63, 3.8) is 0 Å². The number of fused-ring (bicyclic) bond motifs is 1. The quantitative estimate of drug-likeness (QED) is 0.673. The highest BCUT2D eigenvalue weighted by Crippen LogP contribution is 2.32. The van der Waals surface area contributed by atoms with Crippen molar-refractivity contribution in [2.45, 2.75) is 37.1 Å². The zero-order valence-corrected chi connectivity index (χ0v) is 8.89. The minimum absolute atomic E-state index is 0.0619. The van der Waals surface area contributed by atoms with Gasteiger partial charge in [-0.2, -0.15) is 11.8 Å². The highest BCUT2D eigenvalue weighted by molar-refractivity contribution is 8.00. The lowest BCUT2D eigenvalue weighted by Gasteiger charge is -2.15. The molecule has 0 aromatic heterocycles. The van der Waals surface area contributed by atoms with Crippen LogP contribution in [0.25, 0.3) is 0 Å². The van der Waals surface area contributed by atoms with Gasteiger partial charge in [-0.25, -0.2) is 4.79 Å². The standard InChI is InChI=1S/C9H14N2O2S/c1-5(12)2-3-7-8-6(4-14-7)10-9(13)11-8/h6-8H,2-4H2,1H3,(H2,10,11,13). The Labute approximate surface area is 87.2 Å². The molecule has 0 aliphatic carbocycles. The first-order valence-corrected chi connectivity index (χ1v) is 5.90. The van der Waals surface area contributed by atoms with E-state index in [1.54, 1.807) is 6.92 Å². The molecule has 0 aromatic carbocycles. The lowest BCUT2D eigenvalue weighted by molar-refractivity contribution is -0.117. The van der Waals surface area contributed by atoms with Crippen molar-refractivity contribution >= 4 is 23.6 Å². The number of hydrogen-bond donors (Lipinski definition) is 2. The Hall–Kier alpha value is -0.710. The van der Waals surface area contributed by atoms with Gasteiger partial charge >= 0.3 is 6.03 Å². The lowest BCUT2D eigenvalue weighted by atomic mass is 10.0. The average molecular weight is 214 g/mol. The molecule has 2 amide bonds. The number of Topliss-reactive ketones (excluding diaryl/α,β-unsaturated/α-hetero) is 1. The van der Waals surface area contributed by atoms with Gasteiger partial charge in [0.1, 0.15) is 5.78 Å². The van der Waals surface area contributed by atoms with Crippen molar-refractivity contribution in [2.75, 3.05) is 5.75 Å². The molecular weight excluding hydrogens is 200 g/mol. The van der Waals surface area contributed by atoms with Crippen LogP contribution in [0.2, 0.25) is 0 Å². The third kappa shape index (κ3) is 1.87. The van der Waals surface area contributed by atoms with E-state index in [9.17, 15) is 9.59 Å². The maximum absolute atomic E-state index is 11.0. The van der Waals surface area contributed by atoms with E-state index < -0.39 is 0 Å². The van der Waals surface area contributed by atoms with Crippen LogP contribution < -0.4 is 10.6 Å². The van der Waals surface area contributed by atoms with Gasteiger partial charge in [-0.05, 0) is 13.3 Å². The molecule has 2 fully saturated rings. The number of hydrogen-bond acceptors (Lipinski definition) is 3. The highest BCUT2D eigenvalue weighted by atomic mass is 32.2. The van der Waals surface area contributed by atoms with Crippen molar-refractivity contribution in [3.05, 3.63) is 0 Å². The van der Waals surface area contributed by atoms with Crippen molar-refractivity contribution in [1.29, 1.82) is 0 Å². The van der Waals surface area contributed by atoms with Crippen LogP contribution in [0.15, 0.2) is 0 Å². The fraction of sp³-hybridized carbons (Fsp3) is 0.778. The van der Waals surface area contributed by atoms with Crippen LogP contribution in [0, 0.1) is 0 Å². The molecule has 14 heavy (non-hydrogen) atoms. The molecule has 0 radical (unpaired) electrons. The first-order valence-electron chi connectivity index (χ1n) is 4.85. The van der Waals surface area contributed by atoms with E-state index in [1.807, 2.05) is 11.8 Å². The molecule has 2 N–H and O–H groups in total. The summed E-state index contributed by atoms with van der Waals surface area (Å²) in [6, 6.07) is 0.435. The predicted molar refractivity (Wildman–Crippen MR) is 55.4 cm³/mol. The van der Waals surface area contributed by atoms with E-state index in [1.165, 1.54) is 0 Å². The number of rotatable bonds is 3. The maximum Gasteiger partial charge on any atom is 0.315 e. The summed E-state index contributed by atoms with van der Waals surface area (Å²) in [6.45, 7) is 1.61.